The van der Waals surface area contributed by atoms with Gasteiger partial charge in [-0.2, -0.15) is 0 Å². The van der Waals surface area contributed by atoms with Crippen molar-refractivity contribution in [2.24, 2.45) is 5.92 Å². The third kappa shape index (κ3) is 5.08. The Bertz CT molecular complexity index is 487. The van der Waals surface area contributed by atoms with E-state index >= 15 is 0 Å². The van der Waals surface area contributed by atoms with E-state index in [-0.39, 0.29) is 17.9 Å². The molecule has 1 aromatic carbocycles. The Morgan fingerprint density at radius 3 is 2.43 bits per heavy atom. The molecule has 1 amide bonds. The summed E-state index contributed by atoms with van der Waals surface area (Å²) in [5.74, 6) is 0.130. The standard InChI is InChI=1S/C17H25N3O/c1-5-10-20(11-6-2)16(13(3)4)17(21)19-15-9-7-8-14(18)12-15/h5-9,12-13,16H,1-2,10-11,18H2,3-4H3,(H,19,21). The predicted octanol–water partition coefficient (Wildman–Crippen LogP) is 2.91. The maximum Gasteiger partial charge on any atom is 0.242 e. The lowest BCUT2D eigenvalue weighted by Crippen LogP contribution is -2.47. The van der Waals surface area contributed by atoms with Gasteiger partial charge in [-0.3, -0.25) is 9.69 Å². The number of nitrogens with two attached hydrogens (primary N) is 1. The van der Waals surface area contributed by atoms with Gasteiger partial charge < -0.3 is 11.1 Å². The van der Waals surface area contributed by atoms with Gasteiger partial charge in [0.05, 0.1) is 6.04 Å². The number of hydrogen-bond donors (Lipinski definition) is 2. The van der Waals surface area contributed by atoms with Crippen molar-refractivity contribution in [3.63, 3.8) is 0 Å². The molecule has 4 nitrogen and oxygen atoms in total. The summed E-state index contributed by atoms with van der Waals surface area (Å²) >= 11 is 0. The van der Waals surface area contributed by atoms with E-state index in [0.29, 0.717) is 24.5 Å². The zero-order chi connectivity index (χ0) is 15.8. The van der Waals surface area contributed by atoms with Crippen molar-refractivity contribution >= 4 is 17.3 Å². The molecule has 0 saturated carbocycles. The van der Waals surface area contributed by atoms with Crippen LogP contribution in [0.4, 0.5) is 11.4 Å². The minimum absolute atomic E-state index is 0.0423. The molecule has 4 heteroatoms. The van der Waals surface area contributed by atoms with Crippen LogP contribution in [-0.2, 0) is 4.79 Å². The fraction of sp³-hybridized carbons (Fsp3) is 0.353. The number of hydrogen-bond acceptors (Lipinski definition) is 3. The van der Waals surface area contributed by atoms with E-state index < -0.39 is 0 Å². The molecular weight excluding hydrogens is 262 g/mol. The summed E-state index contributed by atoms with van der Waals surface area (Å²) in [5, 5.41) is 2.93. The molecule has 0 aromatic heterocycles. The van der Waals surface area contributed by atoms with Gasteiger partial charge in [-0.25, -0.2) is 0 Å². The molecule has 21 heavy (non-hydrogen) atoms. The fourth-order valence-electron chi connectivity index (χ4n) is 2.36. The van der Waals surface area contributed by atoms with Gasteiger partial charge in [0, 0.05) is 24.5 Å². The summed E-state index contributed by atoms with van der Waals surface area (Å²) in [5.41, 5.74) is 7.08. The number of rotatable bonds is 8. The van der Waals surface area contributed by atoms with E-state index in [4.69, 9.17) is 5.73 Å². The van der Waals surface area contributed by atoms with E-state index in [1.165, 1.54) is 0 Å². The quantitative estimate of drug-likeness (QED) is 0.571. The van der Waals surface area contributed by atoms with Crippen LogP contribution in [0.2, 0.25) is 0 Å². The van der Waals surface area contributed by atoms with E-state index in [9.17, 15) is 4.79 Å². The number of amides is 1. The van der Waals surface area contributed by atoms with Crippen LogP contribution in [-0.4, -0.2) is 29.9 Å². The van der Waals surface area contributed by atoms with Gasteiger partial charge in [-0.15, -0.1) is 13.2 Å². The normalized spacial score (nSPS) is 12.2. The van der Waals surface area contributed by atoms with E-state index in [2.05, 4.69) is 18.5 Å². The molecular formula is C17H25N3O. The van der Waals surface area contributed by atoms with Gasteiger partial charge in [0.1, 0.15) is 0 Å². The first-order valence-corrected chi connectivity index (χ1v) is 7.11. The van der Waals surface area contributed by atoms with Gasteiger partial charge in [0.25, 0.3) is 0 Å². The first kappa shape index (κ1) is 17.0. The summed E-state index contributed by atoms with van der Waals surface area (Å²) in [6.45, 7) is 12.8. The first-order valence-electron chi connectivity index (χ1n) is 7.11. The second kappa shape index (κ2) is 8.27. The van der Waals surface area contributed by atoms with Crippen molar-refractivity contribution in [2.75, 3.05) is 24.1 Å². The van der Waals surface area contributed by atoms with Gasteiger partial charge >= 0.3 is 0 Å². The summed E-state index contributed by atoms with van der Waals surface area (Å²) in [6.07, 6.45) is 3.60. The predicted molar refractivity (Wildman–Crippen MR) is 90.1 cm³/mol. The van der Waals surface area contributed by atoms with Crippen LogP contribution in [0.25, 0.3) is 0 Å². The molecule has 0 bridgehead atoms. The van der Waals surface area contributed by atoms with Gasteiger partial charge in [-0.1, -0.05) is 32.1 Å². The van der Waals surface area contributed by atoms with Crippen LogP contribution in [0.15, 0.2) is 49.6 Å². The molecule has 114 valence electrons. The average Bonchev–Trinajstić information content (AvgIpc) is 2.38. The third-order valence-electron chi connectivity index (χ3n) is 3.17. The van der Waals surface area contributed by atoms with E-state index in [1.807, 2.05) is 30.9 Å². The molecule has 1 aromatic rings. The van der Waals surface area contributed by atoms with E-state index in [1.54, 1.807) is 24.3 Å². The molecule has 0 heterocycles. The monoisotopic (exact) mass is 287 g/mol. The highest BCUT2D eigenvalue weighted by atomic mass is 16.2. The molecule has 0 spiro atoms. The number of anilines is 2. The second-order valence-electron chi connectivity index (χ2n) is 5.33. The SMILES string of the molecule is C=CCN(CC=C)C(C(=O)Nc1cccc(N)c1)C(C)C. The van der Waals surface area contributed by atoms with Crippen molar-refractivity contribution < 1.29 is 4.79 Å². The van der Waals surface area contributed by atoms with Crippen LogP contribution in [0.5, 0.6) is 0 Å². The summed E-state index contributed by atoms with van der Waals surface area (Å²) in [7, 11) is 0. The molecule has 0 aliphatic rings. The minimum Gasteiger partial charge on any atom is -0.399 e. The summed E-state index contributed by atoms with van der Waals surface area (Å²) in [4.78, 5) is 14.6. The van der Waals surface area contributed by atoms with E-state index in [0.717, 1.165) is 0 Å². The first-order chi connectivity index (χ1) is 9.99. The fourth-order valence-corrected chi connectivity index (χ4v) is 2.36. The highest BCUT2D eigenvalue weighted by molar-refractivity contribution is 5.95. The van der Waals surface area contributed by atoms with Gasteiger partial charge in [0.15, 0.2) is 0 Å². The number of nitrogen functional groups attached to an aromatic ring is 1. The minimum atomic E-state index is -0.248. The molecule has 0 saturated heterocycles. The summed E-state index contributed by atoms with van der Waals surface area (Å²) < 4.78 is 0. The molecule has 0 fully saturated rings. The zero-order valence-corrected chi connectivity index (χ0v) is 12.9. The highest BCUT2D eigenvalue weighted by Gasteiger charge is 2.27. The Morgan fingerprint density at radius 2 is 1.95 bits per heavy atom. The molecule has 0 radical (unpaired) electrons. The maximum absolute atomic E-state index is 12.6. The Hall–Kier alpha value is -2.07. The second-order valence-corrected chi connectivity index (χ2v) is 5.33. The van der Waals surface area contributed by atoms with Crippen LogP contribution in [0, 0.1) is 5.92 Å². The molecule has 0 aliphatic heterocycles. The number of carbonyl (C=O) groups is 1. The topological polar surface area (TPSA) is 58.4 Å². The number of nitrogens with zero attached hydrogens (tertiary/aromatic N) is 1. The molecule has 3 N–H and O–H groups in total. The van der Waals surface area contributed by atoms with Crippen molar-refractivity contribution in [1.82, 2.24) is 4.90 Å². The van der Waals surface area contributed by atoms with Crippen LogP contribution >= 0.6 is 0 Å². The van der Waals surface area contributed by atoms with Crippen LogP contribution in [0.1, 0.15) is 13.8 Å². The van der Waals surface area contributed by atoms with Gasteiger partial charge in [0.2, 0.25) is 5.91 Å². The van der Waals surface area contributed by atoms with Crippen molar-refractivity contribution in [2.45, 2.75) is 19.9 Å². The lowest BCUT2D eigenvalue weighted by atomic mass is 10.0. The molecule has 1 rings (SSSR count). The molecule has 1 atom stereocenters. The molecule has 0 aliphatic carbocycles. The Kier molecular flexibility index (Phi) is 6.69. The smallest absolute Gasteiger partial charge is 0.242 e. The van der Waals surface area contributed by atoms with Crippen LogP contribution in [0.3, 0.4) is 0 Å². The zero-order valence-electron chi connectivity index (χ0n) is 12.9. The van der Waals surface area contributed by atoms with Crippen molar-refractivity contribution in [3.8, 4) is 0 Å². The van der Waals surface area contributed by atoms with Crippen molar-refractivity contribution in [3.05, 3.63) is 49.6 Å². The average molecular weight is 287 g/mol. The molecule has 1 unspecified atom stereocenters. The number of nitrogens with one attached hydrogen (secondary N) is 1. The third-order valence-corrected chi connectivity index (χ3v) is 3.17. The summed E-state index contributed by atoms with van der Waals surface area (Å²) in [6, 6.07) is 6.94. The van der Waals surface area contributed by atoms with Crippen molar-refractivity contribution in [1.29, 1.82) is 0 Å². The van der Waals surface area contributed by atoms with Gasteiger partial charge in [-0.05, 0) is 24.1 Å². The Balaban J connectivity index is 2.90. The largest absolute Gasteiger partial charge is 0.399 e. The number of carbonyl (C=O) groups excluding carboxylic acids is 1. The lowest BCUT2D eigenvalue weighted by molar-refractivity contribution is -0.122. The number of benzene rings is 1. The Labute approximate surface area is 127 Å². The maximum atomic E-state index is 12.6. The lowest BCUT2D eigenvalue weighted by Gasteiger charge is -2.31. The van der Waals surface area contributed by atoms with Crippen LogP contribution < -0.4 is 11.1 Å². The highest BCUT2D eigenvalue weighted by Crippen LogP contribution is 2.16. The Morgan fingerprint density at radius 1 is 1.33 bits per heavy atom.